The minimum atomic E-state index is -4.13. The van der Waals surface area contributed by atoms with Crippen molar-refractivity contribution >= 4 is 38.7 Å². The van der Waals surface area contributed by atoms with Crippen LogP contribution in [-0.2, 0) is 14.8 Å². The van der Waals surface area contributed by atoms with Crippen molar-refractivity contribution in [1.82, 2.24) is 9.21 Å². The molecule has 0 spiro atoms. The summed E-state index contributed by atoms with van der Waals surface area (Å²) in [6, 6.07) is 2.57. The summed E-state index contributed by atoms with van der Waals surface area (Å²) < 4.78 is 34.3. The first kappa shape index (κ1) is 27.8. The van der Waals surface area contributed by atoms with Gasteiger partial charge in [0.05, 0.1) is 29.0 Å². The highest BCUT2D eigenvalue weighted by atomic mass is 35.5. The van der Waals surface area contributed by atoms with Gasteiger partial charge in [0.2, 0.25) is 10.0 Å². The van der Waals surface area contributed by atoms with Gasteiger partial charge in [0.1, 0.15) is 16.3 Å². The van der Waals surface area contributed by atoms with Crippen LogP contribution in [0.5, 0.6) is 5.75 Å². The van der Waals surface area contributed by atoms with E-state index < -0.39 is 31.5 Å². The molecule has 10 nitrogen and oxygen atoms in total. The zero-order valence-electron chi connectivity index (χ0n) is 21.6. The number of aromatic hydroxyl groups is 1. The van der Waals surface area contributed by atoms with Gasteiger partial charge in [-0.2, -0.15) is 4.31 Å². The average molecular weight is 555 g/mol. The molecule has 2 heterocycles. The maximum Gasteiger partial charge on any atom is 0.253 e. The number of phenolic OH excluding ortho intramolecular Hbond substituents is 1. The number of piperazine rings is 1. The number of sulfonamides is 1. The van der Waals surface area contributed by atoms with E-state index in [1.54, 1.807) is 0 Å². The van der Waals surface area contributed by atoms with Crippen LogP contribution in [0.3, 0.4) is 0 Å². The number of benzene rings is 1. The summed E-state index contributed by atoms with van der Waals surface area (Å²) in [6.45, 7) is 9.83. The van der Waals surface area contributed by atoms with Crippen molar-refractivity contribution in [2.24, 2.45) is 0 Å². The molecule has 0 aromatic heterocycles. The zero-order chi connectivity index (χ0) is 27.1. The van der Waals surface area contributed by atoms with Gasteiger partial charge in [-0.15, -0.1) is 0 Å². The Hall–Kier alpha value is -2.18. The molecule has 2 aliphatic heterocycles. The summed E-state index contributed by atoms with van der Waals surface area (Å²) in [7, 11) is -4.13. The van der Waals surface area contributed by atoms with E-state index in [1.165, 1.54) is 16.4 Å². The maximum absolute atomic E-state index is 13.5. The molecule has 0 radical (unpaired) electrons. The van der Waals surface area contributed by atoms with Crippen molar-refractivity contribution in [1.29, 1.82) is 0 Å². The molecular weight excluding hydrogens is 520 g/mol. The summed E-state index contributed by atoms with van der Waals surface area (Å²) in [5.74, 6) is -0.600. The first-order chi connectivity index (χ1) is 17.5. The number of anilines is 3. The van der Waals surface area contributed by atoms with E-state index in [4.69, 9.17) is 16.3 Å². The summed E-state index contributed by atoms with van der Waals surface area (Å²) in [5.41, 5.74) is -1.38. The van der Waals surface area contributed by atoms with Crippen LogP contribution in [0.2, 0.25) is 5.02 Å². The summed E-state index contributed by atoms with van der Waals surface area (Å²) >= 11 is 6.27. The number of likely N-dealkylation sites (N-methyl/N-ethyl adjacent to an activating group) is 1. The lowest BCUT2D eigenvalue weighted by atomic mass is 10.0. The normalized spacial score (nSPS) is 24.4. The highest BCUT2D eigenvalue weighted by Crippen LogP contribution is 2.40. The summed E-state index contributed by atoms with van der Waals surface area (Å²) in [5, 5.41) is 16.8. The van der Waals surface area contributed by atoms with E-state index in [0.29, 0.717) is 13.0 Å². The predicted octanol–water partition coefficient (Wildman–Crippen LogP) is 2.86. The topological polar surface area (TPSA) is 128 Å². The molecule has 37 heavy (non-hydrogen) atoms. The van der Waals surface area contributed by atoms with E-state index in [0.717, 1.165) is 19.4 Å². The van der Waals surface area contributed by atoms with Crippen LogP contribution in [0.15, 0.2) is 26.6 Å². The van der Waals surface area contributed by atoms with Gasteiger partial charge in [0, 0.05) is 25.7 Å². The van der Waals surface area contributed by atoms with Crippen molar-refractivity contribution < 1.29 is 18.3 Å². The molecule has 2 saturated heterocycles. The van der Waals surface area contributed by atoms with E-state index in [-0.39, 0.29) is 59.5 Å². The molecule has 1 unspecified atom stereocenters. The molecule has 2 aromatic rings. The minimum Gasteiger partial charge on any atom is -0.504 e. The number of nitrogens with zero attached hydrogens (tertiary/aromatic N) is 2. The third-order valence-electron chi connectivity index (χ3n) is 7.47. The first-order valence-electron chi connectivity index (χ1n) is 12.8. The smallest absolute Gasteiger partial charge is 0.253 e. The number of hydrogen-bond acceptors (Lipinski definition) is 9. The van der Waals surface area contributed by atoms with Gasteiger partial charge in [-0.25, -0.2) is 8.42 Å². The molecule has 204 valence electrons. The lowest BCUT2D eigenvalue weighted by Crippen LogP contribution is -2.53. The van der Waals surface area contributed by atoms with Gasteiger partial charge in [-0.1, -0.05) is 25.4 Å². The van der Waals surface area contributed by atoms with Crippen molar-refractivity contribution in [3.05, 3.63) is 37.6 Å². The van der Waals surface area contributed by atoms with E-state index in [1.807, 2.05) is 27.7 Å². The minimum absolute atomic E-state index is 0.00601. The van der Waals surface area contributed by atoms with Crippen LogP contribution in [0.4, 0.5) is 17.1 Å². The quantitative estimate of drug-likeness (QED) is 0.316. The average Bonchev–Trinajstić information content (AvgIpc) is 3.30. The molecule has 12 heteroatoms. The number of hydrogen-bond donors (Lipinski definition) is 3. The Morgan fingerprint density at radius 2 is 1.84 bits per heavy atom. The van der Waals surface area contributed by atoms with Crippen molar-refractivity contribution in [3.63, 3.8) is 0 Å². The second-order valence-electron chi connectivity index (χ2n) is 9.87. The van der Waals surface area contributed by atoms with E-state index >= 15 is 0 Å². The first-order valence-corrected chi connectivity index (χ1v) is 14.6. The van der Waals surface area contributed by atoms with Crippen LogP contribution in [-0.4, -0.2) is 73.2 Å². The van der Waals surface area contributed by atoms with Crippen molar-refractivity contribution in [2.75, 3.05) is 36.8 Å². The monoisotopic (exact) mass is 554 g/mol. The van der Waals surface area contributed by atoms with Gasteiger partial charge >= 0.3 is 0 Å². The fraction of sp³-hybridized carbons (Fsp3) is 0.600. The van der Waals surface area contributed by atoms with Gasteiger partial charge in [0.25, 0.3) is 10.9 Å². The Balaban J connectivity index is 1.60. The van der Waals surface area contributed by atoms with Crippen LogP contribution >= 0.6 is 11.6 Å². The lowest BCUT2D eigenvalue weighted by Gasteiger charge is -2.38. The molecule has 0 aliphatic carbocycles. The molecule has 2 aliphatic rings. The molecule has 0 saturated carbocycles. The number of ether oxygens (including phenoxy) is 1. The molecule has 2 fully saturated rings. The number of halogens is 1. The van der Waals surface area contributed by atoms with Crippen LogP contribution in [0.25, 0.3) is 0 Å². The van der Waals surface area contributed by atoms with Gasteiger partial charge in [-0.05, 0) is 51.8 Å². The SMILES string of the molecule is CC[C@@H](Nc1c(Nc2ccc(Cl)c(S(=O)(=O)N3CCN(CC)C(C)C3)c2O)c(=O)c1=O)[C@H]1CC[C@@H](C)O1. The summed E-state index contributed by atoms with van der Waals surface area (Å²) in [4.78, 5) is 26.6. The standard InChI is InChI=1S/C25H35ClN4O6S/c1-5-17(19-10-7-15(4)36-19)27-20-21(24(33)23(20)32)28-18-9-8-16(26)25(22(18)31)37(34,35)30-12-11-29(6-2)14(3)13-30/h8-9,14-15,17,19,27-28,31H,5-7,10-13H2,1-4H3/t14?,15-,17-,19-/m1/s1. The predicted molar refractivity (Wildman–Crippen MR) is 144 cm³/mol. The van der Waals surface area contributed by atoms with Crippen LogP contribution in [0.1, 0.15) is 47.0 Å². The third kappa shape index (κ3) is 5.24. The van der Waals surface area contributed by atoms with Gasteiger partial charge in [-0.3, -0.25) is 14.5 Å². The van der Waals surface area contributed by atoms with Crippen molar-refractivity contribution in [2.45, 2.75) is 76.1 Å². The number of rotatable bonds is 9. The zero-order valence-corrected chi connectivity index (χ0v) is 23.2. The fourth-order valence-corrected chi connectivity index (χ4v) is 7.33. The van der Waals surface area contributed by atoms with Crippen molar-refractivity contribution in [3.8, 4) is 5.75 Å². The van der Waals surface area contributed by atoms with Gasteiger partial charge in [0.15, 0.2) is 5.75 Å². The highest BCUT2D eigenvalue weighted by Gasteiger charge is 2.36. The molecule has 3 N–H and O–H groups in total. The molecule has 4 atom stereocenters. The number of phenols is 1. The fourth-order valence-electron chi connectivity index (χ4n) is 5.23. The Bertz CT molecular complexity index is 1330. The summed E-state index contributed by atoms with van der Waals surface area (Å²) in [6.07, 6.45) is 2.48. The molecular formula is C25H35ClN4O6S. The highest BCUT2D eigenvalue weighted by molar-refractivity contribution is 7.89. The van der Waals surface area contributed by atoms with Crippen LogP contribution in [0, 0.1) is 0 Å². The molecule has 0 amide bonds. The largest absolute Gasteiger partial charge is 0.504 e. The maximum atomic E-state index is 13.5. The molecule has 2 aromatic carbocycles. The number of nitrogens with one attached hydrogen (secondary N) is 2. The van der Waals surface area contributed by atoms with Crippen LogP contribution < -0.4 is 21.5 Å². The van der Waals surface area contributed by atoms with E-state index in [2.05, 4.69) is 15.5 Å². The second-order valence-corrected chi connectivity index (χ2v) is 12.2. The Morgan fingerprint density at radius 1 is 1.14 bits per heavy atom. The third-order valence-corrected chi connectivity index (χ3v) is 9.84. The molecule has 0 bridgehead atoms. The Kier molecular flexibility index (Phi) is 8.20. The Labute approximate surface area is 222 Å². The van der Waals surface area contributed by atoms with Gasteiger partial charge < -0.3 is 20.5 Å². The van der Waals surface area contributed by atoms with E-state index in [9.17, 15) is 23.1 Å². The molecule has 4 rings (SSSR count). The second kappa shape index (κ2) is 10.9. The Morgan fingerprint density at radius 3 is 2.43 bits per heavy atom. The lowest BCUT2D eigenvalue weighted by molar-refractivity contribution is 0.0438.